The molecule has 0 radical (unpaired) electrons. The number of piperidine rings is 1. The van der Waals surface area contributed by atoms with Gasteiger partial charge in [-0.3, -0.25) is 4.79 Å². The number of anilines is 1. The minimum absolute atomic E-state index is 0.0205. The zero-order valence-corrected chi connectivity index (χ0v) is 13.6. The molecular weight excluding hydrogens is 334 g/mol. The molecule has 0 aromatic heterocycles. The summed E-state index contributed by atoms with van der Waals surface area (Å²) in [6, 6.07) is 6.90. The minimum Gasteiger partial charge on any atom is -0.341 e. The van der Waals surface area contributed by atoms with Crippen LogP contribution in [0.4, 0.5) is 10.5 Å². The SMILES string of the molecule is CC1CCN(C(=O)CNC(=O)Nc2ccc(Br)cc2)CC1. The Morgan fingerprint density at radius 2 is 1.86 bits per heavy atom. The molecule has 0 saturated carbocycles. The van der Waals surface area contributed by atoms with Gasteiger partial charge in [0.05, 0.1) is 6.54 Å². The van der Waals surface area contributed by atoms with E-state index in [0.717, 1.165) is 30.4 Å². The van der Waals surface area contributed by atoms with Gasteiger partial charge in [0.2, 0.25) is 5.91 Å². The third kappa shape index (κ3) is 5.04. The standard InChI is InChI=1S/C15H20BrN3O2/c1-11-6-8-19(9-7-11)14(20)10-17-15(21)18-13-4-2-12(16)3-5-13/h2-5,11H,6-10H2,1H3,(H2,17,18,21). The van der Waals surface area contributed by atoms with Crippen LogP contribution in [0.15, 0.2) is 28.7 Å². The number of hydrogen-bond donors (Lipinski definition) is 2. The van der Waals surface area contributed by atoms with Crippen molar-refractivity contribution in [2.24, 2.45) is 5.92 Å². The van der Waals surface area contributed by atoms with Crippen LogP contribution in [0.25, 0.3) is 0 Å². The Morgan fingerprint density at radius 3 is 2.48 bits per heavy atom. The number of nitrogens with one attached hydrogen (secondary N) is 2. The molecule has 5 nitrogen and oxygen atoms in total. The summed E-state index contributed by atoms with van der Waals surface area (Å²) in [7, 11) is 0. The first-order valence-electron chi connectivity index (χ1n) is 7.13. The molecule has 1 aliphatic rings. The summed E-state index contributed by atoms with van der Waals surface area (Å²) in [5.41, 5.74) is 0.690. The highest BCUT2D eigenvalue weighted by Crippen LogP contribution is 2.16. The van der Waals surface area contributed by atoms with Crippen molar-refractivity contribution in [2.75, 3.05) is 25.0 Å². The number of rotatable bonds is 3. The lowest BCUT2D eigenvalue weighted by Crippen LogP contribution is -2.44. The van der Waals surface area contributed by atoms with Crippen molar-refractivity contribution < 1.29 is 9.59 Å². The summed E-state index contributed by atoms with van der Waals surface area (Å²) in [4.78, 5) is 25.5. The van der Waals surface area contributed by atoms with Crippen LogP contribution in [0.3, 0.4) is 0 Å². The molecule has 1 heterocycles. The highest BCUT2D eigenvalue weighted by molar-refractivity contribution is 9.10. The zero-order valence-electron chi connectivity index (χ0n) is 12.1. The molecule has 1 aromatic carbocycles. The predicted molar refractivity (Wildman–Crippen MR) is 86.1 cm³/mol. The van der Waals surface area contributed by atoms with E-state index >= 15 is 0 Å². The molecule has 1 saturated heterocycles. The van der Waals surface area contributed by atoms with Gasteiger partial charge in [-0.2, -0.15) is 0 Å². The zero-order chi connectivity index (χ0) is 15.2. The van der Waals surface area contributed by atoms with Gasteiger partial charge in [-0.1, -0.05) is 22.9 Å². The molecule has 114 valence electrons. The smallest absolute Gasteiger partial charge is 0.319 e. The number of benzene rings is 1. The Bertz CT molecular complexity index is 496. The first kappa shape index (κ1) is 15.8. The van der Waals surface area contributed by atoms with Crippen molar-refractivity contribution in [3.05, 3.63) is 28.7 Å². The fourth-order valence-electron chi connectivity index (χ4n) is 2.23. The van der Waals surface area contributed by atoms with Gasteiger partial charge >= 0.3 is 6.03 Å². The van der Waals surface area contributed by atoms with Gasteiger partial charge in [0, 0.05) is 23.2 Å². The Kier molecular flexibility index (Phi) is 5.61. The van der Waals surface area contributed by atoms with E-state index in [1.165, 1.54) is 0 Å². The van der Waals surface area contributed by atoms with Crippen molar-refractivity contribution in [3.8, 4) is 0 Å². The van der Waals surface area contributed by atoms with Gasteiger partial charge in [-0.05, 0) is 43.0 Å². The Labute approximate surface area is 133 Å². The maximum atomic E-state index is 12.0. The number of halogens is 1. The van der Waals surface area contributed by atoms with Crippen LogP contribution in [0.2, 0.25) is 0 Å². The van der Waals surface area contributed by atoms with Gasteiger partial charge in [-0.25, -0.2) is 4.79 Å². The number of likely N-dealkylation sites (tertiary alicyclic amines) is 1. The van der Waals surface area contributed by atoms with Gasteiger partial charge in [0.15, 0.2) is 0 Å². The Morgan fingerprint density at radius 1 is 1.24 bits per heavy atom. The van der Waals surface area contributed by atoms with Crippen molar-refractivity contribution in [1.29, 1.82) is 0 Å². The van der Waals surface area contributed by atoms with E-state index < -0.39 is 0 Å². The number of amides is 3. The fourth-order valence-corrected chi connectivity index (χ4v) is 2.50. The van der Waals surface area contributed by atoms with Crippen LogP contribution in [0.1, 0.15) is 19.8 Å². The molecule has 2 N–H and O–H groups in total. The maximum absolute atomic E-state index is 12.0. The average Bonchev–Trinajstić information content (AvgIpc) is 2.48. The molecular formula is C15H20BrN3O2. The fraction of sp³-hybridized carbons (Fsp3) is 0.467. The monoisotopic (exact) mass is 353 g/mol. The molecule has 2 rings (SSSR count). The van der Waals surface area contributed by atoms with Crippen LogP contribution < -0.4 is 10.6 Å². The first-order valence-corrected chi connectivity index (χ1v) is 7.92. The van der Waals surface area contributed by atoms with E-state index in [1.54, 1.807) is 12.1 Å². The van der Waals surface area contributed by atoms with E-state index in [2.05, 4.69) is 33.5 Å². The summed E-state index contributed by atoms with van der Waals surface area (Å²) < 4.78 is 0.947. The molecule has 3 amide bonds. The molecule has 0 bridgehead atoms. The summed E-state index contributed by atoms with van der Waals surface area (Å²) in [5.74, 6) is 0.663. The second-order valence-corrected chi connectivity index (χ2v) is 6.29. The molecule has 21 heavy (non-hydrogen) atoms. The highest BCUT2D eigenvalue weighted by atomic mass is 79.9. The molecule has 1 fully saturated rings. The van der Waals surface area contributed by atoms with Crippen molar-refractivity contribution in [1.82, 2.24) is 10.2 Å². The molecule has 1 aromatic rings. The molecule has 0 unspecified atom stereocenters. The van der Waals surface area contributed by atoms with E-state index in [0.29, 0.717) is 11.6 Å². The van der Waals surface area contributed by atoms with Crippen molar-refractivity contribution in [2.45, 2.75) is 19.8 Å². The molecule has 0 atom stereocenters. The van der Waals surface area contributed by atoms with E-state index in [9.17, 15) is 9.59 Å². The molecule has 0 aliphatic carbocycles. The highest BCUT2D eigenvalue weighted by Gasteiger charge is 2.20. The number of nitrogens with zero attached hydrogens (tertiary/aromatic N) is 1. The number of carbonyl (C=O) groups is 2. The first-order chi connectivity index (χ1) is 10.0. The Balaban J connectivity index is 1.73. The predicted octanol–water partition coefficient (Wildman–Crippen LogP) is 2.83. The van der Waals surface area contributed by atoms with Crippen LogP contribution in [0, 0.1) is 5.92 Å². The van der Waals surface area contributed by atoms with Crippen LogP contribution in [-0.4, -0.2) is 36.5 Å². The maximum Gasteiger partial charge on any atom is 0.319 e. The number of carbonyl (C=O) groups excluding carboxylic acids is 2. The topological polar surface area (TPSA) is 61.4 Å². The summed E-state index contributed by atoms with van der Waals surface area (Å²) in [6.07, 6.45) is 2.08. The lowest BCUT2D eigenvalue weighted by Gasteiger charge is -2.30. The van der Waals surface area contributed by atoms with E-state index in [-0.39, 0.29) is 18.5 Å². The lowest BCUT2D eigenvalue weighted by molar-refractivity contribution is -0.131. The van der Waals surface area contributed by atoms with Crippen molar-refractivity contribution in [3.63, 3.8) is 0 Å². The van der Waals surface area contributed by atoms with Crippen molar-refractivity contribution >= 4 is 33.6 Å². The van der Waals surface area contributed by atoms with E-state index in [4.69, 9.17) is 0 Å². The number of hydrogen-bond acceptors (Lipinski definition) is 2. The normalized spacial score (nSPS) is 15.6. The second kappa shape index (κ2) is 7.45. The average molecular weight is 354 g/mol. The van der Waals surface area contributed by atoms with Gasteiger partial charge in [-0.15, -0.1) is 0 Å². The Hall–Kier alpha value is -1.56. The molecule has 0 spiro atoms. The van der Waals surface area contributed by atoms with Crippen LogP contribution >= 0.6 is 15.9 Å². The van der Waals surface area contributed by atoms with Gasteiger partial charge in [0.1, 0.15) is 0 Å². The molecule has 1 aliphatic heterocycles. The second-order valence-electron chi connectivity index (χ2n) is 5.38. The van der Waals surface area contributed by atoms with Crippen LogP contribution in [-0.2, 0) is 4.79 Å². The summed E-state index contributed by atoms with van der Waals surface area (Å²) in [5, 5.41) is 5.29. The third-order valence-corrected chi connectivity index (χ3v) is 4.17. The van der Waals surface area contributed by atoms with Gasteiger partial charge in [0.25, 0.3) is 0 Å². The summed E-state index contributed by atoms with van der Waals surface area (Å²) in [6.45, 7) is 3.81. The summed E-state index contributed by atoms with van der Waals surface area (Å²) >= 11 is 3.33. The third-order valence-electron chi connectivity index (χ3n) is 3.64. The minimum atomic E-state index is -0.365. The van der Waals surface area contributed by atoms with Crippen LogP contribution in [0.5, 0.6) is 0 Å². The number of urea groups is 1. The molecule has 6 heteroatoms. The van der Waals surface area contributed by atoms with E-state index in [1.807, 2.05) is 17.0 Å². The quantitative estimate of drug-likeness (QED) is 0.877. The lowest BCUT2D eigenvalue weighted by atomic mass is 9.99. The van der Waals surface area contributed by atoms with Gasteiger partial charge < -0.3 is 15.5 Å². The largest absolute Gasteiger partial charge is 0.341 e.